The molecule has 1 N–H and O–H groups in total. The lowest BCUT2D eigenvalue weighted by Gasteiger charge is -2.36. The molecule has 29 heavy (non-hydrogen) atoms. The van der Waals surface area contributed by atoms with Crippen LogP contribution in [0.5, 0.6) is 5.75 Å². The fourth-order valence-electron chi connectivity index (χ4n) is 3.80. The maximum atomic E-state index is 12.6. The fraction of sp³-hybridized carbons (Fsp3) is 0.458. The average molecular weight is 396 g/mol. The highest BCUT2D eigenvalue weighted by atomic mass is 16.5. The van der Waals surface area contributed by atoms with E-state index in [1.165, 1.54) is 5.56 Å². The van der Waals surface area contributed by atoms with Crippen molar-refractivity contribution in [2.75, 3.05) is 49.5 Å². The number of rotatable bonds is 8. The number of ether oxygens (including phenoxy) is 1. The fourth-order valence-corrected chi connectivity index (χ4v) is 3.80. The number of benzene rings is 2. The molecular formula is C24H33N3O2. The van der Waals surface area contributed by atoms with Crippen LogP contribution in [-0.4, -0.2) is 50.1 Å². The molecule has 2 aromatic rings. The Morgan fingerprint density at radius 2 is 1.72 bits per heavy atom. The SMILES string of the molecule is CCOc1ccccc1N1CCN(CC(=O)Nc2ccccc2[C@@H](C)CC)CC1. The van der Waals surface area contributed by atoms with Crippen LogP contribution in [0.1, 0.15) is 38.7 Å². The summed E-state index contributed by atoms with van der Waals surface area (Å²) in [5.74, 6) is 1.42. The van der Waals surface area contributed by atoms with Crippen molar-refractivity contribution in [3.05, 3.63) is 54.1 Å². The van der Waals surface area contributed by atoms with Crippen molar-refractivity contribution < 1.29 is 9.53 Å². The maximum Gasteiger partial charge on any atom is 0.238 e. The van der Waals surface area contributed by atoms with Gasteiger partial charge in [-0.25, -0.2) is 0 Å². The van der Waals surface area contributed by atoms with Crippen molar-refractivity contribution >= 4 is 17.3 Å². The Labute approximate surface area is 174 Å². The lowest BCUT2D eigenvalue weighted by atomic mass is 9.97. The van der Waals surface area contributed by atoms with Crippen molar-refractivity contribution in [1.29, 1.82) is 0 Å². The Hall–Kier alpha value is -2.53. The van der Waals surface area contributed by atoms with Gasteiger partial charge >= 0.3 is 0 Å². The Morgan fingerprint density at radius 1 is 1.03 bits per heavy atom. The van der Waals surface area contributed by atoms with Crippen LogP contribution in [-0.2, 0) is 4.79 Å². The highest BCUT2D eigenvalue weighted by Crippen LogP contribution is 2.29. The summed E-state index contributed by atoms with van der Waals surface area (Å²) in [5.41, 5.74) is 3.29. The first-order valence-electron chi connectivity index (χ1n) is 10.7. The predicted octanol–water partition coefficient (Wildman–Crippen LogP) is 4.36. The zero-order valence-corrected chi connectivity index (χ0v) is 17.9. The molecule has 0 aromatic heterocycles. The summed E-state index contributed by atoms with van der Waals surface area (Å²) in [5, 5.41) is 3.13. The van der Waals surface area contributed by atoms with E-state index in [2.05, 4.69) is 41.1 Å². The monoisotopic (exact) mass is 395 g/mol. The number of nitrogens with one attached hydrogen (secondary N) is 1. The van der Waals surface area contributed by atoms with Crippen LogP contribution in [0.3, 0.4) is 0 Å². The third kappa shape index (κ3) is 5.51. The first-order valence-corrected chi connectivity index (χ1v) is 10.7. The second kappa shape index (κ2) is 10.3. The number of nitrogens with zero attached hydrogens (tertiary/aromatic N) is 2. The van der Waals surface area contributed by atoms with Gasteiger partial charge in [-0.2, -0.15) is 0 Å². The van der Waals surface area contributed by atoms with Gasteiger partial charge < -0.3 is 15.0 Å². The van der Waals surface area contributed by atoms with Crippen LogP contribution in [0, 0.1) is 0 Å². The second-order valence-electron chi connectivity index (χ2n) is 7.61. The van der Waals surface area contributed by atoms with E-state index in [-0.39, 0.29) is 5.91 Å². The molecule has 0 radical (unpaired) electrons. The van der Waals surface area contributed by atoms with Gasteiger partial charge in [0.05, 0.1) is 18.8 Å². The highest BCUT2D eigenvalue weighted by Gasteiger charge is 2.21. The summed E-state index contributed by atoms with van der Waals surface area (Å²) in [4.78, 5) is 17.2. The molecule has 156 valence electrons. The van der Waals surface area contributed by atoms with Crippen molar-refractivity contribution in [1.82, 2.24) is 4.90 Å². The van der Waals surface area contributed by atoms with Crippen LogP contribution >= 0.6 is 0 Å². The molecule has 0 saturated carbocycles. The summed E-state index contributed by atoms with van der Waals surface area (Å²) in [7, 11) is 0. The van der Waals surface area contributed by atoms with E-state index in [4.69, 9.17) is 4.74 Å². The molecule has 0 spiro atoms. The lowest BCUT2D eigenvalue weighted by molar-refractivity contribution is -0.117. The zero-order chi connectivity index (χ0) is 20.6. The van der Waals surface area contributed by atoms with Gasteiger partial charge in [0.15, 0.2) is 0 Å². The molecule has 1 aliphatic heterocycles. The third-order valence-electron chi connectivity index (χ3n) is 5.62. The van der Waals surface area contributed by atoms with Crippen molar-refractivity contribution in [3.63, 3.8) is 0 Å². The first-order chi connectivity index (χ1) is 14.1. The first kappa shape index (κ1) is 21.2. The molecule has 2 aromatic carbocycles. The second-order valence-corrected chi connectivity index (χ2v) is 7.61. The molecular weight excluding hydrogens is 362 g/mol. The van der Waals surface area contributed by atoms with Crippen molar-refractivity contribution in [3.8, 4) is 5.75 Å². The summed E-state index contributed by atoms with van der Waals surface area (Å²) < 4.78 is 5.77. The molecule has 0 bridgehead atoms. The minimum atomic E-state index is 0.0592. The Balaban J connectivity index is 1.55. The van der Waals surface area contributed by atoms with Gasteiger partial charge in [-0.05, 0) is 43.0 Å². The topological polar surface area (TPSA) is 44.8 Å². The number of carbonyl (C=O) groups excluding carboxylic acids is 1. The van der Waals surface area contributed by atoms with Gasteiger partial charge in [-0.3, -0.25) is 9.69 Å². The number of para-hydroxylation sites is 3. The minimum absolute atomic E-state index is 0.0592. The van der Waals surface area contributed by atoms with Crippen LogP contribution in [0.25, 0.3) is 0 Å². The van der Waals surface area contributed by atoms with Gasteiger partial charge in [0, 0.05) is 31.9 Å². The number of hydrogen-bond donors (Lipinski definition) is 1. The summed E-state index contributed by atoms with van der Waals surface area (Å²) >= 11 is 0. The van der Waals surface area contributed by atoms with Crippen molar-refractivity contribution in [2.45, 2.75) is 33.1 Å². The van der Waals surface area contributed by atoms with Gasteiger partial charge in [0.25, 0.3) is 0 Å². The predicted molar refractivity (Wildman–Crippen MR) is 120 cm³/mol. The van der Waals surface area contributed by atoms with Crippen molar-refractivity contribution in [2.24, 2.45) is 0 Å². The molecule has 3 rings (SSSR count). The largest absolute Gasteiger partial charge is 0.492 e. The van der Waals surface area contributed by atoms with E-state index < -0.39 is 0 Å². The molecule has 0 unspecified atom stereocenters. The quantitative estimate of drug-likeness (QED) is 0.721. The van der Waals surface area contributed by atoms with Gasteiger partial charge in [0.2, 0.25) is 5.91 Å². The normalized spacial score (nSPS) is 15.8. The van der Waals surface area contributed by atoms with E-state index in [1.54, 1.807) is 0 Å². The van der Waals surface area contributed by atoms with Gasteiger partial charge in [-0.1, -0.05) is 44.2 Å². The molecule has 1 atom stereocenters. The molecule has 1 saturated heterocycles. The zero-order valence-electron chi connectivity index (χ0n) is 17.9. The van der Waals surface area contributed by atoms with Crippen LogP contribution in [0.4, 0.5) is 11.4 Å². The molecule has 1 amide bonds. The van der Waals surface area contributed by atoms with Crippen LogP contribution in [0.2, 0.25) is 0 Å². The Morgan fingerprint density at radius 3 is 2.45 bits per heavy atom. The third-order valence-corrected chi connectivity index (χ3v) is 5.62. The smallest absolute Gasteiger partial charge is 0.238 e. The molecule has 5 nitrogen and oxygen atoms in total. The number of amides is 1. The summed E-state index contributed by atoms with van der Waals surface area (Å²) in [6.07, 6.45) is 1.05. The van der Waals surface area contributed by atoms with E-state index >= 15 is 0 Å². The highest BCUT2D eigenvalue weighted by molar-refractivity contribution is 5.93. The van der Waals surface area contributed by atoms with E-state index in [0.717, 1.165) is 49.7 Å². The standard InChI is InChI=1S/C24H33N3O2/c1-4-19(3)20-10-6-7-11-21(20)25-24(28)18-26-14-16-27(17-15-26)22-12-8-9-13-23(22)29-5-2/h6-13,19H,4-5,14-18H2,1-3H3,(H,25,28)/t19-/m0/s1. The maximum absolute atomic E-state index is 12.6. The van der Waals surface area contributed by atoms with Crippen LogP contribution in [0.15, 0.2) is 48.5 Å². The molecule has 5 heteroatoms. The number of hydrogen-bond acceptors (Lipinski definition) is 4. The summed E-state index contributed by atoms with van der Waals surface area (Å²) in [6.45, 7) is 11.0. The molecule has 1 aliphatic rings. The lowest BCUT2D eigenvalue weighted by Crippen LogP contribution is -2.48. The number of carbonyl (C=O) groups is 1. The minimum Gasteiger partial charge on any atom is -0.492 e. The Bertz CT molecular complexity index is 800. The van der Waals surface area contributed by atoms with Gasteiger partial charge in [0.1, 0.15) is 5.75 Å². The van der Waals surface area contributed by atoms with Gasteiger partial charge in [-0.15, -0.1) is 0 Å². The Kier molecular flexibility index (Phi) is 7.53. The summed E-state index contributed by atoms with van der Waals surface area (Å²) in [6, 6.07) is 16.3. The van der Waals surface area contributed by atoms with Crippen LogP contribution < -0.4 is 15.0 Å². The molecule has 0 aliphatic carbocycles. The average Bonchev–Trinajstić information content (AvgIpc) is 2.75. The number of anilines is 2. The molecule has 1 fully saturated rings. The number of piperazine rings is 1. The molecule has 1 heterocycles. The van der Waals surface area contributed by atoms with E-state index in [0.29, 0.717) is 19.1 Å². The van der Waals surface area contributed by atoms with E-state index in [9.17, 15) is 4.79 Å². The van der Waals surface area contributed by atoms with E-state index in [1.807, 2.05) is 43.3 Å².